The van der Waals surface area contributed by atoms with Gasteiger partial charge in [-0.2, -0.15) is 0 Å². The molecule has 42 heavy (non-hydrogen) atoms. The number of benzene rings is 3. The highest BCUT2D eigenvalue weighted by atomic mass is 16.5. The summed E-state index contributed by atoms with van der Waals surface area (Å²) in [5, 5.41) is 31.7. The van der Waals surface area contributed by atoms with Crippen LogP contribution in [0.3, 0.4) is 0 Å². The fourth-order valence-corrected chi connectivity index (χ4v) is 5.30. The van der Waals surface area contributed by atoms with Crippen molar-refractivity contribution in [3.05, 3.63) is 77.9 Å². The van der Waals surface area contributed by atoms with E-state index in [-0.39, 0.29) is 24.9 Å². The van der Waals surface area contributed by atoms with Crippen LogP contribution in [0.2, 0.25) is 0 Å². The Morgan fingerprint density at radius 2 is 1.74 bits per heavy atom. The Bertz CT molecular complexity index is 1580. The van der Waals surface area contributed by atoms with Gasteiger partial charge in [0.25, 0.3) is 0 Å². The summed E-state index contributed by atoms with van der Waals surface area (Å²) in [6, 6.07) is 16.2. The van der Waals surface area contributed by atoms with Crippen molar-refractivity contribution >= 4 is 34.5 Å². The lowest BCUT2D eigenvalue weighted by atomic mass is 9.94. The number of nitrogens with zero attached hydrogens (tertiary/aromatic N) is 4. The normalized spacial score (nSPS) is 14.3. The van der Waals surface area contributed by atoms with Crippen molar-refractivity contribution in [3.8, 4) is 11.5 Å². The number of hydrogen-bond donors (Lipinski definition) is 3. The van der Waals surface area contributed by atoms with E-state index in [0.29, 0.717) is 27.8 Å². The van der Waals surface area contributed by atoms with Gasteiger partial charge in [0.05, 0.1) is 17.7 Å². The average Bonchev–Trinajstić information content (AvgIpc) is 3.40. The van der Waals surface area contributed by atoms with Gasteiger partial charge in [-0.3, -0.25) is 14.5 Å². The Morgan fingerprint density at radius 1 is 1.00 bits per heavy atom. The first kappa shape index (κ1) is 28.6. The zero-order valence-electron chi connectivity index (χ0n) is 23.3. The summed E-state index contributed by atoms with van der Waals surface area (Å²) in [6.07, 6.45) is 4.74. The van der Waals surface area contributed by atoms with Crippen LogP contribution < -0.4 is 10.2 Å². The van der Waals surface area contributed by atoms with Gasteiger partial charge < -0.3 is 20.3 Å². The smallest absolute Gasteiger partial charge is 0.338 e. The number of fused-ring (bicyclic) bond motifs is 1. The lowest BCUT2D eigenvalue weighted by molar-refractivity contribution is -0.127. The lowest BCUT2D eigenvalue weighted by Crippen LogP contribution is -2.48. The van der Waals surface area contributed by atoms with Gasteiger partial charge in [0, 0.05) is 11.7 Å². The number of ether oxygens (including phenoxy) is 1. The number of nitrogens with one attached hydrogen (secondary N) is 1. The third-order valence-electron chi connectivity index (χ3n) is 7.40. The maximum atomic E-state index is 14.2. The van der Waals surface area contributed by atoms with Crippen LogP contribution in [0.1, 0.15) is 61.0 Å². The molecule has 1 saturated carbocycles. The van der Waals surface area contributed by atoms with Crippen LogP contribution >= 0.6 is 0 Å². The second-order valence-electron chi connectivity index (χ2n) is 10.3. The number of carbonyl (C=O) groups is 3. The van der Waals surface area contributed by atoms with Crippen molar-refractivity contribution in [2.45, 2.75) is 57.7 Å². The Balaban J connectivity index is 1.58. The predicted octanol–water partition coefficient (Wildman–Crippen LogP) is 4.24. The molecule has 5 rings (SSSR count). The Morgan fingerprint density at radius 3 is 2.45 bits per heavy atom. The number of hydrogen-bond acceptors (Lipinski definition) is 8. The summed E-state index contributed by atoms with van der Waals surface area (Å²) < 4.78 is 6.56. The van der Waals surface area contributed by atoms with Crippen molar-refractivity contribution in [2.24, 2.45) is 0 Å². The van der Waals surface area contributed by atoms with Gasteiger partial charge in [0.15, 0.2) is 11.5 Å². The Labute approximate surface area is 242 Å². The Hall–Kier alpha value is -4.93. The number of amides is 2. The topological polar surface area (TPSA) is 147 Å². The predicted molar refractivity (Wildman–Crippen MR) is 155 cm³/mol. The van der Waals surface area contributed by atoms with Crippen LogP contribution in [0.25, 0.3) is 11.0 Å². The number of aromatic hydroxyl groups is 2. The minimum atomic E-state index is -1.21. The Kier molecular flexibility index (Phi) is 8.66. The van der Waals surface area contributed by atoms with Crippen LogP contribution in [-0.4, -0.2) is 55.6 Å². The first-order valence-electron chi connectivity index (χ1n) is 14.1. The van der Waals surface area contributed by atoms with Gasteiger partial charge >= 0.3 is 5.97 Å². The molecule has 1 aliphatic rings. The molecule has 1 unspecified atom stereocenters. The highest BCUT2D eigenvalue weighted by Gasteiger charge is 2.35. The van der Waals surface area contributed by atoms with E-state index in [0.717, 1.165) is 32.1 Å². The molecule has 1 aliphatic carbocycles. The van der Waals surface area contributed by atoms with E-state index in [1.165, 1.54) is 39.9 Å². The summed E-state index contributed by atoms with van der Waals surface area (Å²) in [5.41, 5.74) is 2.19. The van der Waals surface area contributed by atoms with Gasteiger partial charge in [-0.15, -0.1) is 5.10 Å². The number of esters is 1. The number of phenolic OH excluding ortho intramolecular Hbond substituents is 2. The number of anilines is 1. The standard InChI is InChI=1S/C31H33N5O6/c1-2-42-31(41)20-12-15-23(16-13-20)36(28(39)19-35-25-11-7-6-10-24(25)33-34-35)29(21-14-17-26(37)27(38)18-21)30(40)32-22-8-4-3-5-9-22/h6-7,10-18,22,29,37-38H,2-5,8-9,19H2,1H3,(H,32,40). The highest BCUT2D eigenvalue weighted by molar-refractivity contribution is 6.02. The zero-order chi connectivity index (χ0) is 29.6. The van der Waals surface area contributed by atoms with E-state index in [2.05, 4.69) is 15.6 Å². The summed E-state index contributed by atoms with van der Waals surface area (Å²) in [6.45, 7) is 1.69. The molecule has 3 aromatic carbocycles. The number of carbonyl (C=O) groups excluding carboxylic acids is 3. The molecule has 0 bridgehead atoms. The van der Waals surface area contributed by atoms with E-state index < -0.39 is 29.6 Å². The molecule has 1 aromatic heterocycles. The van der Waals surface area contributed by atoms with Crippen LogP contribution in [0.15, 0.2) is 66.7 Å². The molecule has 11 nitrogen and oxygen atoms in total. The second-order valence-corrected chi connectivity index (χ2v) is 10.3. The fraction of sp³-hybridized carbons (Fsp3) is 0.323. The maximum absolute atomic E-state index is 14.2. The van der Waals surface area contributed by atoms with Gasteiger partial charge in [0.1, 0.15) is 18.1 Å². The van der Waals surface area contributed by atoms with Gasteiger partial charge in [-0.1, -0.05) is 42.7 Å². The minimum absolute atomic E-state index is 0.0538. The van der Waals surface area contributed by atoms with E-state index in [1.807, 2.05) is 12.1 Å². The fourth-order valence-electron chi connectivity index (χ4n) is 5.30. The van der Waals surface area contributed by atoms with Gasteiger partial charge in [-0.25, -0.2) is 9.48 Å². The molecule has 3 N–H and O–H groups in total. The monoisotopic (exact) mass is 571 g/mol. The highest BCUT2D eigenvalue weighted by Crippen LogP contribution is 2.34. The first-order chi connectivity index (χ1) is 20.4. The molecule has 0 aliphatic heterocycles. The SMILES string of the molecule is CCOC(=O)c1ccc(N(C(=O)Cn2nnc3ccccc32)C(C(=O)NC2CCCCC2)c2ccc(O)c(O)c2)cc1. The van der Waals surface area contributed by atoms with E-state index >= 15 is 0 Å². The summed E-state index contributed by atoms with van der Waals surface area (Å²) in [4.78, 5) is 41.9. The average molecular weight is 572 g/mol. The van der Waals surface area contributed by atoms with Crippen molar-refractivity contribution in [2.75, 3.05) is 11.5 Å². The molecule has 0 saturated heterocycles. The van der Waals surface area contributed by atoms with Gasteiger partial charge in [-0.05, 0) is 73.9 Å². The molecule has 2 amide bonds. The lowest BCUT2D eigenvalue weighted by Gasteiger charge is -2.33. The second kappa shape index (κ2) is 12.7. The van der Waals surface area contributed by atoms with Crippen molar-refractivity contribution in [3.63, 3.8) is 0 Å². The molecule has 0 radical (unpaired) electrons. The zero-order valence-corrected chi connectivity index (χ0v) is 23.3. The van der Waals surface area contributed by atoms with E-state index in [9.17, 15) is 24.6 Å². The third kappa shape index (κ3) is 6.19. The van der Waals surface area contributed by atoms with E-state index in [1.54, 1.807) is 31.2 Å². The molecule has 11 heteroatoms. The minimum Gasteiger partial charge on any atom is -0.504 e. The van der Waals surface area contributed by atoms with Gasteiger partial charge in [0.2, 0.25) is 11.8 Å². The molecule has 1 atom stereocenters. The van der Waals surface area contributed by atoms with E-state index in [4.69, 9.17) is 4.74 Å². The van der Waals surface area contributed by atoms with Crippen molar-refractivity contribution in [1.82, 2.24) is 20.3 Å². The van der Waals surface area contributed by atoms with Crippen LogP contribution in [0, 0.1) is 0 Å². The number of rotatable bonds is 9. The molecule has 4 aromatic rings. The summed E-state index contributed by atoms with van der Waals surface area (Å²) in [5.74, 6) is -2.19. The third-order valence-corrected chi connectivity index (χ3v) is 7.40. The molecule has 1 heterocycles. The molecule has 218 valence electrons. The van der Waals surface area contributed by atoms with Crippen LogP contribution in [0.4, 0.5) is 5.69 Å². The molecular weight excluding hydrogens is 538 g/mol. The van der Waals surface area contributed by atoms with Crippen molar-refractivity contribution in [1.29, 1.82) is 0 Å². The summed E-state index contributed by atoms with van der Waals surface area (Å²) in [7, 11) is 0. The molecule has 1 fully saturated rings. The van der Waals surface area contributed by atoms with Crippen molar-refractivity contribution < 1.29 is 29.3 Å². The number of aromatic nitrogens is 3. The molecule has 0 spiro atoms. The first-order valence-corrected chi connectivity index (χ1v) is 14.1. The van der Waals surface area contributed by atoms with Crippen LogP contribution in [0.5, 0.6) is 11.5 Å². The quantitative estimate of drug-likeness (QED) is 0.200. The number of phenols is 2. The largest absolute Gasteiger partial charge is 0.504 e. The van der Waals surface area contributed by atoms with Crippen LogP contribution in [-0.2, 0) is 20.9 Å². The molecular formula is C31H33N5O6. The maximum Gasteiger partial charge on any atom is 0.338 e. The summed E-state index contributed by atoms with van der Waals surface area (Å²) >= 11 is 0. The number of para-hydroxylation sites is 1.